The van der Waals surface area contributed by atoms with Crippen molar-refractivity contribution in [2.45, 2.75) is 20.4 Å². The standard InChI is InChI=1S/C16H24N6O/c1-13-12-14(2)22(19-13)11-8-20-6-9-21(10-7-20)16-17-5-4-15(18-16)23-3/h4-5,12H,6-11H2,1-3H3. The average molecular weight is 316 g/mol. The Morgan fingerprint density at radius 3 is 2.57 bits per heavy atom. The molecule has 0 spiro atoms. The number of aryl methyl sites for hydroxylation is 2. The van der Waals surface area contributed by atoms with Crippen molar-refractivity contribution in [3.8, 4) is 5.88 Å². The molecule has 1 aliphatic heterocycles. The quantitative estimate of drug-likeness (QED) is 0.824. The van der Waals surface area contributed by atoms with Crippen molar-refractivity contribution in [2.75, 3.05) is 44.7 Å². The smallest absolute Gasteiger partial charge is 0.228 e. The highest BCUT2D eigenvalue weighted by Crippen LogP contribution is 2.14. The number of ether oxygens (including phenoxy) is 1. The predicted octanol–water partition coefficient (Wildman–Crippen LogP) is 1.12. The van der Waals surface area contributed by atoms with Gasteiger partial charge in [0, 0.05) is 50.7 Å². The van der Waals surface area contributed by atoms with E-state index in [-0.39, 0.29) is 0 Å². The fourth-order valence-electron chi connectivity index (χ4n) is 2.91. The lowest BCUT2D eigenvalue weighted by Crippen LogP contribution is -2.47. The molecule has 1 fully saturated rings. The van der Waals surface area contributed by atoms with Gasteiger partial charge in [0.25, 0.3) is 0 Å². The Hall–Kier alpha value is -2.15. The molecule has 1 saturated heterocycles. The maximum absolute atomic E-state index is 5.17. The summed E-state index contributed by atoms with van der Waals surface area (Å²) in [6.45, 7) is 10.0. The van der Waals surface area contributed by atoms with Gasteiger partial charge in [-0.25, -0.2) is 4.98 Å². The van der Waals surface area contributed by atoms with Crippen LogP contribution in [0, 0.1) is 13.8 Å². The van der Waals surface area contributed by atoms with E-state index in [1.807, 2.05) is 6.92 Å². The lowest BCUT2D eigenvalue weighted by molar-refractivity contribution is 0.242. The van der Waals surface area contributed by atoms with E-state index in [0.29, 0.717) is 5.88 Å². The van der Waals surface area contributed by atoms with Crippen LogP contribution in [0.15, 0.2) is 18.3 Å². The fourth-order valence-corrected chi connectivity index (χ4v) is 2.91. The Morgan fingerprint density at radius 2 is 1.91 bits per heavy atom. The molecular formula is C16H24N6O. The summed E-state index contributed by atoms with van der Waals surface area (Å²) in [5, 5.41) is 4.52. The minimum atomic E-state index is 0.613. The third-order valence-corrected chi connectivity index (χ3v) is 4.21. The molecule has 1 aliphatic rings. The predicted molar refractivity (Wildman–Crippen MR) is 88.9 cm³/mol. The van der Waals surface area contributed by atoms with E-state index in [1.54, 1.807) is 19.4 Å². The molecule has 0 saturated carbocycles. The molecular weight excluding hydrogens is 292 g/mol. The highest BCUT2D eigenvalue weighted by molar-refractivity contribution is 5.32. The number of hydrogen-bond acceptors (Lipinski definition) is 6. The van der Waals surface area contributed by atoms with Crippen molar-refractivity contribution in [3.63, 3.8) is 0 Å². The number of nitrogens with zero attached hydrogens (tertiary/aromatic N) is 6. The largest absolute Gasteiger partial charge is 0.481 e. The minimum Gasteiger partial charge on any atom is -0.481 e. The van der Waals surface area contributed by atoms with Crippen LogP contribution in [0.25, 0.3) is 0 Å². The number of hydrogen-bond donors (Lipinski definition) is 0. The fraction of sp³-hybridized carbons (Fsp3) is 0.562. The molecule has 0 unspecified atom stereocenters. The van der Waals surface area contributed by atoms with Gasteiger partial charge in [0.05, 0.1) is 19.3 Å². The SMILES string of the molecule is COc1ccnc(N2CCN(CCn3nc(C)cc3C)CC2)n1. The Balaban J connectivity index is 1.51. The van der Waals surface area contributed by atoms with Gasteiger partial charge in [-0.2, -0.15) is 10.1 Å². The second-order valence-corrected chi connectivity index (χ2v) is 5.88. The van der Waals surface area contributed by atoms with Gasteiger partial charge >= 0.3 is 0 Å². The lowest BCUT2D eigenvalue weighted by Gasteiger charge is -2.34. The van der Waals surface area contributed by atoms with Crippen LogP contribution in [0.4, 0.5) is 5.95 Å². The summed E-state index contributed by atoms with van der Waals surface area (Å²) < 4.78 is 7.26. The minimum absolute atomic E-state index is 0.613. The topological polar surface area (TPSA) is 59.3 Å². The van der Waals surface area contributed by atoms with Crippen molar-refractivity contribution in [1.29, 1.82) is 0 Å². The molecule has 0 aliphatic carbocycles. The van der Waals surface area contributed by atoms with E-state index < -0.39 is 0 Å². The van der Waals surface area contributed by atoms with Crippen molar-refractivity contribution in [2.24, 2.45) is 0 Å². The maximum Gasteiger partial charge on any atom is 0.228 e. The summed E-state index contributed by atoms with van der Waals surface area (Å²) in [5.74, 6) is 1.37. The second kappa shape index (κ2) is 6.95. The normalized spacial score (nSPS) is 15.9. The molecule has 0 aromatic carbocycles. The molecule has 3 heterocycles. The zero-order valence-electron chi connectivity index (χ0n) is 14.1. The number of piperazine rings is 1. The summed E-state index contributed by atoms with van der Waals surface area (Å²) in [4.78, 5) is 13.4. The van der Waals surface area contributed by atoms with Crippen LogP contribution in [0.3, 0.4) is 0 Å². The van der Waals surface area contributed by atoms with E-state index in [9.17, 15) is 0 Å². The highest BCUT2D eigenvalue weighted by Gasteiger charge is 2.19. The van der Waals surface area contributed by atoms with Crippen LogP contribution in [0.2, 0.25) is 0 Å². The van der Waals surface area contributed by atoms with Gasteiger partial charge in [-0.15, -0.1) is 0 Å². The Kier molecular flexibility index (Phi) is 4.76. The molecule has 7 heteroatoms. The Bertz CT molecular complexity index is 648. The molecule has 124 valence electrons. The van der Waals surface area contributed by atoms with Crippen LogP contribution in [-0.4, -0.2) is 64.5 Å². The van der Waals surface area contributed by atoms with Gasteiger partial charge < -0.3 is 9.64 Å². The number of methoxy groups -OCH3 is 1. The summed E-state index contributed by atoms with van der Waals surface area (Å²) in [7, 11) is 1.63. The summed E-state index contributed by atoms with van der Waals surface area (Å²) in [6, 6.07) is 3.90. The van der Waals surface area contributed by atoms with Crippen LogP contribution >= 0.6 is 0 Å². The second-order valence-electron chi connectivity index (χ2n) is 5.88. The molecule has 0 atom stereocenters. The molecule has 2 aromatic rings. The molecule has 0 N–H and O–H groups in total. The lowest BCUT2D eigenvalue weighted by atomic mass is 10.3. The average Bonchev–Trinajstić information content (AvgIpc) is 2.91. The van der Waals surface area contributed by atoms with Crippen molar-refractivity contribution < 1.29 is 4.74 Å². The van der Waals surface area contributed by atoms with Gasteiger partial charge in [0.2, 0.25) is 11.8 Å². The first-order valence-electron chi connectivity index (χ1n) is 8.01. The van der Waals surface area contributed by atoms with E-state index >= 15 is 0 Å². The first-order chi connectivity index (χ1) is 11.2. The van der Waals surface area contributed by atoms with Gasteiger partial charge in [-0.05, 0) is 19.9 Å². The van der Waals surface area contributed by atoms with Crippen molar-refractivity contribution in [1.82, 2.24) is 24.6 Å². The van der Waals surface area contributed by atoms with Gasteiger partial charge in [0.1, 0.15) is 0 Å². The van der Waals surface area contributed by atoms with Gasteiger partial charge in [-0.1, -0.05) is 0 Å². The molecule has 7 nitrogen and oxygen atoms in total. The molecule has 2 aromatic heterocycles. The number of anilines is 1. The van der Waals surface area contributed by atoms with Crippen LogP contribution < -0.4 is 9.64 Å². The first-order valence-corrected chi connectivity index (χ1v) is 8.01. The van der Waals surface area contributed by atoms with E-state index in [1.165, 1.54) is 5.69 Å². The van der Waals surface area contributed by atoms with E-state index in [2.05, 4.69) is 42.5 Å². The molecule has 0 bridgehead atoms. The molecule has 3 rings (SSSR count). The number of rotatable bonds is 5. The zero-order chi connectivity index (χ0) is 16.2. The van der Waals surface area contributed by atoms with Crippen LogP contribution in [0.1, 0.15) is 11.4 Å². The molecule has 0 amide bonds. The Labute approximate surface area is 136 Å². The summed E-state index contributed by atoms with van der Waals surface area (Å²) in [5.41, 5.74) is 2.31. The summed E-state index contributed by atoms with van der Waals surface area (Å²) >= 11 is 0. The third-order valence-electron chi connectivity index (χ3n) is 4.21. The molecule has 0 radical (unpaired) electrons. The van der Waals surface area contributed by atoms with Crippen molar-refractivity contribution >= 4 is 5.95 Å². The third kappa shape index (κ3) is 3.79. The van der Waals surface area contributed by atoms with Crippen LogP contribution in [-0.2, 0) is 6.54 Å². The maximum atomic E-state index is 5.17. The number of aromatic nitrogens is 4. The van der Waals surface area contributed by atoms with Gasteiger partial charge in [-0.3, -0.25) is 9.58 Å². The monoisotopic (exact) mass is 316 g/mol. The first kappa shape index (κ1) is 15.7. The Morgan fingerprint density at radius 1 is 1.13 bits per heavy atom. The summed E-state index contributed by atoms with van der Waals surface area (Å²) in [6.07, 6.45) is 1.75. The zero-order valence-corrected chi connectivity index (χ0v) is 14.1. The van der Waals surface area contributed by atoms with Gasteiger partial charge in [0.15, 0.2) is 0 Å². The van der Waals surface area contributed by atoms with E-state index in [4.69, 9.17) is 4.74 Å². The molecule has 23 heavy (non-hydrogen) atoms. The highest BCUT2D eigenvalue weighted by atomic mass is 16.5. The van der Waals surface area contributed by atoms with Crippen LogP contribution in [0.5, 0.6) is 5.88 Å². The van der Waals surface area contributed by atoms with E-state index in [0.717, 1.165) is 50.9 Å². The van der Waals surface area contributed by atoms with Crippen molar-refractivity contribution in [3.05, 3.63) is 29.7 Å².